The number of carbonyl (C=O) groups excluding carboxylic acids is 3. The molecule has 3 amide bonds. The fraction of sp³-hybridized carbons (Fsp3) is 0.400. The Hall–Kier alpha value is -3.00. The molecule has 33 heavy (non-hydrogen) atoms. The minimum absolute atomic E-state index is 0.135. The Kier molecular flexibility index (Phi) is 7.54. The number of anilines is 1. The molecule has 2 aliphatic rings. The molecular formula is C25H29N3O4S. The highest BCUT2D eigenvalue weighted by Gasteiger charge is 2.40. The van der Waals surface area contributed by atoms with Crippen LogP contribution < -0.4 is 15.0 Å². The summed E-state index contributed by atoms with van der Waals surface area (Å²) in [4.78, 5) is 43.6. The van der Waals surface area contributed by atoms with Crippen molar-refractivity contribution in [2.75, 3.05) is 31.6 Å². The second-order valence-electron chi connectivity index (χ2n) is 8.26. The first-order chi connectivity index (χ1) is 16.1. The van der Waals surface area contributed by atoms with E-state index in [1.165, 1.54) is 16.7 Å². The summed E-state index contributed by atoms with van der Waals surface area (Å²) in [5, 5.41) is 2.02. The minimum Gasteiger partial charge on any atom is -0.497 e. The molecule has 0 aliphatic carbocycles. The van der Waals surface area contributed by atoms with Gasteiger partial charge in [-0.2, -0.15) is 0 Å². The number of hydrogen-bond acceptors (Lipinski definition) is 5. The van der Waals surface area contributed by atoms with Gasteiger partial charge < -0.3 is 19.9 Å². The van der Waals surface area contributed by atoms with Crippen molar-refractivity contribution in [1.29, 1.82) is 0 Å². The zero-order valence-electron chi connectivity index (χ0n) is 18.8. The van der Waals surface area contributed by atoms with E-state index in [4.69, 9.17) is 4.74 Å². The summed E-state index contributed by atoms with van der Waals surface area (Å²) in [5.41, 5.74) is 1.57. The van der Waals surface area contributed by atoms with Crippen LogP contribution in [0.3, 0.4) is 0 Å². The summed E-state index contributed by atoms with van der Waals surface area (Å²) in [7, 11) is 1.60. The average molecular weight is 468 g/mol. The van der Waals surface area contributed by atoms with Crippen molar-refractivity contribution in [2.24, 2.45) is 0 Å². The van der Waals surface area contributed by atoms with Gasteiger partial charge in [-0.05, 0) is 42.7 Å². The molecule has 2 heterocycles. The highest BCUT2D eigenvalue weighted by Crippen LogP contribution is 2.39. The number of carbonyl (C=O) groups is 3. The second kappa shape index (κ2) is 10.7. The maximum atomic E-state index is 13.4. The van der Waals surface area contributed by atoms with Gasteiger partial charge in [0.2, 0.25) is 11.8 Å². The molecule has 1 fully saturated rings. The predicted molar refractivity (Wildman–Crippen MR) is 128 cm³/mol. The van der Waals surface area contributed by atoms with Crippen LogP contribution in [0, 0.1) is 0 Å². The fourth-order valence-electron chi connectivity index (χ4n) is 4.18. The minimum atomic E-state index is -0.857. The lowest BCUT2D eigenvalue weighted by atomic mass is 10.2. The van der Waals surface area contributed by atoms with Gasteiger partial charge in [0, 0.05) is 24.5 Å². The first kappa shape index (κ1) is 23.2. The number of amides is 3. The van der Waals surface area contributed by atoms with Crippen LogP contribution in [-0.4, -0.2) is 54.6 Å². The van der Waals surface area contributed by atoms with Gasteiger partial charge >= 0.3 is 0 Å². The predicted octanol–water partition coefficient (Wildman–Crippen LogP) is 3.22. The first-order valence-corrected chi connectivity index (χ1v) is 12.2. The van der Waals surface area contributed by atoms with Crippen LogP contribution in [0.2, 0.25) is 0 Å². The smallest absolute Gasteiger partial charge is 0.250 e. The molecule has 8 heteroatoms. The Morgan fingerprint density at radius 2 is 1.82 bits per heavy atom. The third-order valence-corrected chi connectivity index (χ3v) is 7.20. The van der Waals surface area contributed by atoms with Gasteiger partial charge in [0.25, 0.3) is 5.91 Å². The maximum absolute atomic E-state index is 13.4. The highest BCUT2D eigenvalue weighted by atomic mass is 32.2. The standard InChI is InChI=1S/C25H29N3O4S/c1-32-19-10-8-9-18(15-19)16-26-22(29)17-28-20-11-4-5-12-21(20)33-23(25(28)31)24(30)27-13-6-2-3-7-14-27/h4-5,8-12,15,23H,2-3,6-7,13-14,16-17H2,1H3,(H,26,29)/t23-/m1/s1. The number of benzene rings is 2. The Balaban J connectivity index is 1.47. The Labute approximate surface area is 198 Å². The van der Waals surface area contributed by atoms with Crippen LogP contribution >= 0.6 is 11.8 Å². The molecule has 1 saturated heterocycles. The number of rotatable bonds is 6. The van der Waals surface area contributed by atoms with Gasteiger partial charge in [0.05, 0.1) is 12.8 Å². The summed E-state index contributed by atoms with van der Waals surface area (Å²) in [5.74, 6) is -0.0460. The largest absolute Gasteiger partial charge is 0.497 e. The van der Waals surface area contributed by atoms with Crippen LogP contribution in [0.15, 0.2) is 53.4 Å². The zero-order valence-corrected chi connectivity index (χ0v) is 19.6. The molecule has 0 spiro atoms. The topological polar surface area (TPSA) is 79.0 Å². The first-order valence-electron chi connectivity index (χ1n) is 11.3. The monoisotopic (exact) mass is 467 g/mol. The number of hydrogen-bond donors (Lipinski definition) is 1. The summed E-state index contributed by atoms with van der Waals surface area (Å²) in [6.45, 7) is 1.56. The number of para-hydroxylation sites is 1. The normalized spacial score (nSPS) is 18.3. The zero-order chi connectivity index (χ0) is 23.2. The van der Waals surface area contributed by atoms with Crippen molar-refractivity contribution in [1.82, 2.24) is 10.2 Å². The molecule has 174 valence electrons. The fourth-order valence-corrected chi connectivity index (χ4v) is 5.36. The molecule has 0 saturated carbocycles. The quantitative estimate of drug-likeness (QED) is 0.660. The van der Waals surface area contributed by atoms with Crippen molar-refractivity contribution in [3.63, 3.8) is 0 Å². The molecule has 4 rings (SSSR count). The van der Waals surface area contributed by atoms with Crippen LogP contribution in [0.1, 0.15) is 31.2 Å². The SMILES string of the molecule is COc1cccc(CNC(=O)CN2C(=O)[C@@H](C(=O)N3CCCCCC3)Sc3ccccc32)c1. The summed E-state index contributed by atoms with van der Waals surface area (Å²) >= 11 is 1.29. The molecule has 0 radical (unpaired) electrons. The van der Waals surface area contributed by atoms with Crippen LogP contribution in [0.5, 0.6) is 5.75 Å². The van der Waals surface area contributed by atoms with Crippen molar-refractivity contribution in [3.05, 3.63) is 54.1 Å². The van der Waals surface area contributed by atoms with Crippen LogP contribution in [-0.2, 0) is 20.9 Å². The molecule has 2 aliphatic heterocycles. The second-order valence-corrected chi connectivity index (χ2v) is 9.40. The molecule has 7 nitrogen and oxygen atoms in total. The molecular weight excluding hydrogens is 438 g/mol. The summed E-state index contributed by atoms with van der Waals surface area (Å²) < 4.78 is 5.22. The summed E-state index contributed by atoms with van der Waals surface area (Å²) in [6.07, 6.45) is 4.14. The molecule has 0 bridgehead atoms. The van der Waals surface area contributed by atoms with E-state index in [1.807, 2.05) is 53.4 Å². The van der Waals surface area contributed by atoms with Gasteiger partial charge in [-0.1, -0.05) is 37.1 Å². The van der Waals surface area contributed by atoms with Crippen LogP contribution in [0.4, 0.5) is 5.69 Å². The van der Waals surface area contributed by atoms with Crippen LogP contribution in [0.25, 0.3) is 0 Å². The van der Waals surface area contributed by atoms with Gasteiger partial charge in [-0.25, -0.2) is 0 Å². The van der Waals surface area contributed by atoms with E-state index in [1.54, 1.807) is 7.11 Å². The Morgan fingerprint density at radius 3 is 2.58 bits per heavy atom. The number of thioether (sulfide) groups is 1. The molecule has 1 N–H and O–H groups in total. The van der Waals surface area contributed by atoms with E-state index >= 15 is 0 Å². The lowest BCUT2D eigenvalue weighted by Crippen LogP contribution is -2.52. The summed E-state index contributed by atoms with van der Waals surface area (Å²) in [6, 6.07) is 14.9. The molecule has 2 aromatic rings. The van der Waals surface area contributed by atoms with Gasteiger partial charge in [-0.15, -0.1) is 11.8 Å². The molecule has 0 unspecified atom stereocenters. The average Bonchev–Trinajstić information content (AvgIpc) is 3.14. The third kappa shape index (κ3) is 5.50. The van der Waals surface area contributed by atoms with E-state index in [-0.39, 0.29) is 24.3 Å². The molecule has 2 aromatic carbocycles. The molecule has 0 aromatic heterocycles. The number of fused-ring (bicyclic) bond motifs is 1. The Bertz CT molecular complexity index is 1020. The van der Waals surface area contributed by atoms with E-state index in [2.05, 4.69) is 5.32 Å². The number of ether oxygens (including phenoxy) is 1. The molecule has 1 atom stereocenters. The lowest BCUT2D eigenvalue weighted by Gasteiger charge is -2.34. The van der Waals surface area contributed by atoms with Gasteiger partial charge in [0.1, 0.15) is 12.3 Å². The van der Waals surface area contributed by atoms with E-state index in [0.29, 0.717) is 31.1 Å². The van der Waals surface area contributed by atoms with Crippen molar-refractivity contribution in [2.45, 2.75) is 42.4 Å². The maximum Gasteiger partial charge on any atom is 0.250 e. The number of nitrogens with one attached hydrogen (secondary N) is 1. The highest BCUT2D eigenvalue weighted by molar-refractivity contribution is 8.01. The lowest BCUT2D eigenvalue weighted by molar-refractivity contribution is -0.135. The third-order valence-electron chi connectivity index (χ3n) is 5.96. The van der Waals surface area contributed by atoms with E-state index in [0.717, 1.165) is 36.1 Å². The van der Waals surface area contributed by atoms with Gasteiger partial charge in [0.15, 0.2) is 5.25 Å². The van der Waals surface area contributed by atoms with E-state index < -0.39 is 5.25 Å². The number of methoxy groups -OCH3 is 1. The van der Waals surface area contributed by atoms with E-state index in [9.17, 15) is 14.4 Å². The Morgan fingerprint density at radius 1 is 1.06 bits per heavy atom. The van der Waals surface area contributed by atoms with Crippen molar-refractivity contribution in [3.8, 4) is 5.75 Å². The van der Waals surface area contributed by atoms with Crippen molar-refractivity contribution < 1.29 is 19.1 Å². The van der Waals surface area contributed by atoms with Gasteiger partial charge in [-0.3, -0.25) is 14.4 Å². The number of nitrogens with zero attached hydrogens (tertiary/aromatic N) is 2. The number of likely N-dealkylation sites (tertiary alicyclic amines) is 1. The van der Waals surface area contributed by atoms with Crippen molar-refractivity contribution >= 4 is 35.2 Å².